The molecule has 0 aliphatic heterocycles. The van der Waals surface area contributed by atoms with E-state index in [2.05, 4.69) is 33.9 Å². The summed E-state index contributed by atoms with van der Waals surface area (Å²) in [5, 5.41) is 20.8. The van der Waals surface area contributed by atoms with Crippen molar-refractivity contribution in [3.05, 3.63) is 17.1 Å². The van der Waals surface area contributed by atoms with Gasteiger partial charge in [0.05, 0.1) is 11.3 Å². The number of pyridine rings is 1. The Morgan fingerprint density at radius 3 is 2.81 bits per heavy atom. The van der Waals surface area contributed by atoms with Crippen molar-refractivity contribution in [2.75, 3.05) is 11.5 Å². The number of aromatic nitrogens is 6. The van der Waals surface area contributed by atoms with Crippen molar-refractivity contribution in [1.82, 2.24) is 29.6 Å². The minimum atomic E-state index is -0.752. The highest BCUT2D eigenvalue weighted by Gasteiger charge is 2.19. The van der Waals surface area contributed by atoms with Gasteiger partial charge in [0.15, 0.2) is 0 Å². The van der Waals surface area contributed by atoms with Crippen molar-refractivity contribution in [1.29, 1.82) is 0 Å². The van der Waals surface area contributed by atoms with Crippen LogP contribution in [0.5, 0.6) is 0 Å². The monoisotopic (exact) mass is 376 g/mol. The molecule has 0 spiro atoms. The van der Waals surface area contributed by atoms with Gasteiger partial charge in [0.2, 0.25) is 5.65 Å². The number of nitrogens with zero attached hydrogens (tertiary/aromatic N) is 6. The Bertz CT molecular complexity index is 933. The van der Waals surface area contributed by atoms with Gasteiger partial charge in [-0.15, -0.1) is 5.10 Å². The van der Waals surface area contributed by atoms with Crippen molar-refractivity contribution in [2.45, 2.75) is 53.0 Å². The van der Waals surface area contributed by atoms with Crippen molar-refractivity contribution < 1.29 is 9.90 Å². The summed E-state index contributed by atoms with van der Waals surface area (Å²) in [5.41, 5.74) is 4.86. The van der Waals surface area contributed by atoms with Gasteiger partial charge >= 0.3 is 5.97 Å². The molecule has 0 atom stereocenters. The normalized spacial score (nSPS) is 11.7. The molecule has 0 aliphatic rings. The molecule has 0 unspecified atom stereocenters. The van der Waals surface area contributed by atoms with Gasteiger partial charge in [0.1, 0.15) is 11.3 Å². The van der Waals surface area contributed by atoms with E-state index in [0.29, 0.717) is 5.65 Å². The Kier molecular flexibility index (Phi) is 5.75. The molecule has 3 rings (SSSR count). The molecule has 0 amide bonds. The summed E-state index contributed by atoms with van der Waals surface area (Å²) in [6.45, 7) is 7.14. The maximum Gasteiger partial charge on any atom is 0.313 e. The number of hydrogen-bond acceptors (Lipinski definition) is 6. The maximum absolute atomic E-state index is 10.6. The number of tetrazole rings is 1. The zero-order valence-corrected chi connectivity index (χ0v) is 16.2. The highest BCUT2D eigenvalue weighted by molar-refractivity contribution is 7.99. The van der Waals surface area contributed by atoms with Crippen LogP contribution in [0.4, 0.5) is 0 Å². The zero-order chi connectivity index (χ0) is 18.7. The van der Waals surface area contributed by atoms with E-state index in [1.807, 2.05) is 6.92 Å². The van der Waals surface area contributed by atoms with Gasteiger partial charge in [-0.1, -0.05) is 6.92 Å². The molecule has 0 aromatic carbocycles. The molecule has 1 N–H and O–H groups in total. The van der Waals surface area contributed by atoms with E-state index in [0.717, 1.165) is 66.1 Å². The third kappa shape index (κ3) is 3.53. The molecule has 0 aliphatic carbocycles. The van der Waals surface area contributed by atoms with Crippen LogP contribution in [-0.4, -0.2) is 52.2 Å². The van der Waals surface area contributed by atoms with Gasteiger partial charge in [-0.3, -0.25) is 4.79 Å². The van der Waals surface area contributed by atoms with E-state index in [-0.39, 0.29) is 5.75 Å². The number of carbonyl (C=O) groups is 1. The predicted octanol–water partition coefficient (Wildman–Crippen LogP) is 2.64. The van der Waals surface area contributed by atoms with E-state index in [1.165, 1.54) is 11.8 Å². The molecule has 140 valence electrons. The van der Waals surface area contributed by atoms with E-state index in [1.54, 1.807) is 4.52 Å². The summed E-state index contributed by atoms with van der Waals surface area (Å²) >= 11 is 1.47. The van der Waals surface area contributed by atoms with Crippen LogP contribution in [0.15, 0.2) is 0 Å². The van der Waals surface area contributed by atoms with E-state index in [4.69, 9.17) is 10.1 Å². The van der Waals surface area contributed by atoms with Crippen LogP contribution in [-0.2, 0) is 17.8 Å². The molecule has 3 heterocycles. The summed E-state index contributed by atoms with van der Waals surface area (Å²) in [4.78, 5) is 15.4. The first kappa shape index (κ1) is 18.6. The first-order valence-corrected chi connectivity index (χ1v) is 10.1. The lowest BCUT2D eigenvalue weighted by atomic mass is 10.2. The van der Waals surface area contributed by atoms with Gasteiger partial charge < -0.3 is 9.67 Å². The largest absolute Gasteiger partial charge is 0.481 e. The highest BCUT2D eigenvalue weighted by atomic mass is 32.2. The molecule has 3 aromatic rings. The average Bonchev–Trinajstić information content (AvgIpc) is 3.21. The molecule has 8 nitrogen and oxygen atoms in total. The lowest BCUT2D eigenvalue weighted by Crippen LogP contribution is -2.07. The summed E-state index contributed by atoms with van der Waals surface area (Å²) in [6.07, 6.45) is 3.91. The van der Waals surface area contributed by atoms with Crippen molar-refractivity contribution in [3.8, 4) is 0 Å². The smallest absolute Gasteiger partial charge is 0.313 e. The molecule has 3 aromatic heterocycles. The third-order valence-corrected chi connectivity index (χ3v) is 5.59. The van der Waals surface area contributed by atoms with Crippen LogP contribution in [0.2, 0.25) is 0 Å². The molecule has 0 bridgehead atoms. The number of aliphatic carboxylic acids is 1. The van der Waals surface area contributed by atoms with Crippen molar-refractivity contribution in [3.63, 3.8) is 0 Å². The lowest BCUT2D eigenvalue weighted by Gasteiger charge is -2.11. The fourth-order valence-electron chi connectivity index (χ4n) is 3.21. The summed E-state index contributed by atoms with van der Waals surface area (Å²) < 4.78 is 4.06. The minimum Gasteiger partial charge on any atom is -0.481 e. The highest BCUT2D eigenvalue weighted by Crippen LogP contribution is 2.27. The molecule has 9 heteroatoms. The first-order valence-electron chi connectivity index (χ1n) is 8.90. The van der Waals surface area contributed by atoms with Gasteiger partial charge in [-0.05, 0) is 54.9 Å². The predicted molar refractivity (Wildman–Crippen MR) is 102 cm³/mol. The molecular formula is C17H24N6O2S. The molecular weight excluding hydrogens is 352 g/mol. The van der Waals surface area contributed by atoms with Crippen LogP contribution < -0.4 is 0 Å². The third-order valence-electron chi connectivity index (χ3n) is 4.56. The second-order valence-electron chi connectivity index (χ2n) is 6.41. The van der Waals surface area contributed by atoms with Crippen molar-refractivity contribution >= 4 is 34.4 Å². The van der Waals surface area contributed by atoms with E-state index >= 15 is 0 Å². The lowest BCUT2D eigenvalue weighted by molar-refractivity contribution is -0.133. The molecule has 0 saturated carbocycles. The molecule has 0 saturated heterocycles. The Hall–Kier alpha value is -2.16. The van der Waals surface area contributed by atoms with Crippen LogP contribution in [0.3, 0.4) is 0 Å². The van der Waals surface area contributed by atoms with Gasteiger partial charge in [-0.25, -0.2) is 4.98 Å². The SMILES string of the molecule is CCCc1nc2c(c(C)c(C)n3nnnc23)n1CCCCSCC(=O)O. The number of unbranched alkanes of at least 4 members (excludes halogenated alkanes) is 1. The van der Waals surface area contributed by atoms with Crippen LogP contribution in [0.25, 0.3) is 16.7 Å². The Morgan fingerprint density at radius 2 is 2.08 bits per heavy atom. The maximum atomic E-state index is 10.6. The number of fused-ring (bicyclic) bond motifs is 3. The zero-order valence-electron chi connectivity index (χ0n) is 15.4. The number of carboxylic acid groups (broad SMARTS) is 1. The standard InChI is InChI=1S/C17H24N6O2S/c1-4-7-13-18-15-16(11(2)12(3)23-17(15)19-20-21-23)22(13)8-5-6-9-26-10-14(24)25/h4-10H2,1-3H3,(H,24,25). The quantitative estimate of drug-likeness (QED) is 0.573. The average molecular weight is 376 g/mol. The number of imidazole rings is 1. The summed E-state index contributed by atoms with van der Waals surface area (Å²) in [6, 6.07) is 0. The number of carboxylic acids is 1. The van der Waals surface area contributed by atoms with E-state index in [9.17, 15) is 4.79 Å². The fourth-order valence-corrected chi connectivity index (χ4v) is 3.94. The van der Waals surface area contributed by atoms with Crippen LogP contribution in [0.1, 0.15) is 43.3 Å². The second kappa shape index (κ2) is 8.03. The summed E-state index contributed by atoms with van der Waals surface area (Å²) in [7, 11) is 0. The van der Waals surface area contributed by atoms with E-state index < -0.39 is 5.97 Å². The molecule has 0 fully saturated rings. The van der Waals surface area contributed by atoms with Gasteiger partial charge in [0.25, 0.3) is 0 Å². The minimum absolute atomic E-state index is 0.172. The Morgan fingerprint density at radius 1 is 1.27 bits per heavy atom. The Balaban J connectivity index is 1.88. The molecule has 0 radical (unpaired) electrons. The van der Waals surface area contributed by atoms with Gasteiger partial charge in [-0.2, -0.15) is 16.3 Å². The van der Waals surface area contributed by atoms with Crippen molar-refractivity contribution in [2.24, 2.45) is 0 Å². The van der Waals surface area contributed by atoms with Crippen LogP contribution >= 0.6 is 11.8 Å². The number of rotatable bonds is 9. The number of hydrogen-bond donors (Lipinski definition) is 1. The fraction of sp³-hybridized carbons (Fsp3) is 0.588. The number of aryl methyl sites for hydroxylation is 4. The van der Waals surface area contributed by atoms with Crippen LogP contribution in [0, 0.1) is 13.8 Å². The Labute approximate surface area is 156 Å². The number of thioether (sulfide) groups is 1. The second-order valence-corrected chi connectivity index (χ2v) is 7.51. The first-order chi connectivity index (χ1) is 12.5. The summed E-state index contributed by atoms with van der Waals surface area (Å²) in [5.74, 6) is 1.35. The topological polar surface area (TPSA) is 98.2 Å². The molecule has 26 heavy (non-hydrogen) atoms. The van der Waals surface area contributed by atoms with Gasteiger partial charge in [0, 0.05) is 18.7 Å².